The molecule has 1 saturated heterocycles. The molecule has 1 aromatic heterocycles. The maximum atomic E-state index is 12.2. The van der Waals surface area contributed by atoms with E-state index in [4.69, 9.17) is 16.7 Å². The molecule has 7 heteroatoms. The van der Waals surface area contributed by atoms with Crippen molar-refractivity contribution in [1.29, 1.82) is 0 Å². The van der Waals surface area contributed by atoms with Crippen LogP contribution in [0.25, 0.3) is 0 Å². The molecule has 0 saturated carbocycles. The van der Waals surface area contributed by atoms with Crippen LogP contribution in [0.4, 0.5) is 0 Å². The van der Waals surface area contributed by atoms with E-state index in [1.807, 2.05) is 0 Å². The fourth-order valence-electron chi connectivity index (χ4n) is 1.96. The van der Waals surface area contributed by atoms with E-state index < -0.39 is 10.0 Å². The molecule has 0 aliphatic carbocycles. The van der Waals surface area contributed by atoms with E-state index in [9.17, 15) is 8.42 Å². The molecule has 1 aliphatic rings. The van der Waals surface area contributed by atoms with Crippen LogP contribution in [-0.2, 0) is 10.0 Å². The number of hydrogen-bond donors (Lipinski definition) is 1. The number of halogens is 1. The lowest BCUT2D eigenvalue weighted by Crippen LogP contribution is -2.37. The van der Waals surface area contributed by atoms with Gasteiger partial charge in [-0.3, -0.25) is 0 Å². The monoisotopic (exact) mass is 276 g/mol. The van der Waals surface area contributed by atoms with Crippen molar-refractivity contribution in [3.05, 3.63) is 23.5 Å². The first-order chi connectivity index (χ1) is 8.05. The van der Waals surface area contributed by atoms with E-state index in [1.54, 1.807) is 0 Å². The molecule has 0 radical (unpaired) electrons. The zero-order valence-electron chi connectivity index (χ0n) is 9.08. The maximum Gasteiger partial charge on any atom is 0.244 e. The van der Waals surface area contributed by atoms with E-state index in [0.717, 1.165) is 6.42 Å². The number of aliphatic hydroxyl groups excluding tert-OH is 1. The zero-order valence-corrected chi connectivity index (χ0v) is 10.7. The van der Waals surface area contributed by atoms with Crippen molar-refractivity contribution in [2.75, 3.05) is 13.2 Å². The second-order valence-corrected chi connectivity index (χ2v) is 6.19. The van der Waals surface area contributed by atoms with Crippen molar-refractivity contribution < 1.29 is 13.5 Å². The Kier molecular flexibility index (Phi) is 3.67. The van der Waals surface area contributed by atoms with Crippen molar-refractivity contribution in [1.82, 2.24) is 9.29 Å². The Balaban J connectivity index is 2.33. The van der Waals surface area contributed by atoms with Crippen molar-refractivity contribution in [2.45, 2.75) is 23.8 Å². The van der Waals surface area contributed by atoms with Gasteiger partial charge in [-0.15, -0.1) is 0 Å². The van der Waals surface area contributed by atoms with Crippen LogP contribution in [0.5, 0.6) is 0 Å². The first kappa shape index (κ1) is 12.8. The number of pyridine rings is 1. The Hall–Kier alpha value is -0.690. The Morgan fingerprint density at radius 3 is 2.88 bits per heavy atom. The topological polar surface area (TPSA) is 70.5 Å². The molecule has 94 valence electrons. The summed E-state index contributed by atoms with van der Waals surface area (Å²) in [7, 11) is -3.56. The van der Waals surface area contributed by atoms with Crippen LogP contribution < -0.4 is 0 Å². The standard InChI is InChI=1S/C10H13ClN2O3S/c11-10-4-3-9(6-12-10)17(15,16)13-5-1-2-8(13)7-14/h3-4,6,8,14H,1-2,5,7H2/t8-/m1/s1. The maximum absolute atomic E-state index is 12.2. The van der Waals surface area contributed by atoms with Crippen LogP contribution in [0.3, 0.4) is 0 Å². The Morgan fingerprint density at radius 2 is 2.29 bits per heavy atom. The SMILES string of the molecule is O=S(=O)(c1ccc(Cl)nc1)N1CCC[C@@H]1CO. The summed E-state index contributed by atoms with van der Waals surface area (Å²) >= 11 is 5.62. The third-order valence-electron chi connectivity index (χ3n) is 2.84. The number of hydrogen-bond acceptors (Lipinski definition) is 4. The average Bonchev–Trinajstić information content (AvgIpc) is 2.78. The normalized spacial score (nSPS) is 21.9. The van der Waals surface area contributed by atoms with Gasteiger partial charge in [-0.05, 0) is 25.0 Å². The number of rotatable bonds is 3. The molecule has 5 nitrogen and oxygen atoms in total. The Morgan fingerprint density at radius 1 is 1.53 bits per heavy atom. The van der Waals surface area contributed by atoms with Gasteiger partial charge in [-0.1, -0.05) is 11.6 Å². The lowest BCUT2D eigenvalue weighted by molar-refractivity contribution is 0.213. The average molecular weight is 277 g/mol. The van der Waals surface area contributed by atoms with Crippen molar-refractivity contribution >= 4 is 21.6 Å². The second kappa shape index (κ2) is 4.89. The predicted molar refractivity (Wildman–Crippen MR) is 63.2 cm³/mol. The summed E-state index contributed by atoms with van der Waals surface area (Å²) in [5.74, 6) is 0. The first-order valence-electron chi connectivity index (χ1n) is 5.30. The minimum Gasteiger partial charge on any atom is -0.395 e. The van der Waals surface area contributed by atoms with Crippen LogP contribution in [0, 0.1) is 0 Å². The highest BCUT2D eigenvalue weighted by Crippen LogP contribution is 2.25. The summed E-state index contributed by atoms with van der Waals surface area (Å²) in [5, 5.41) is 9.40. The third kappa shape index (κ3) is 2.44. The summed E-state index contributed by atoms with van der Waals surface area (Å²) in [5.41, 5.74) is 0. The van der Waals surface area contributed by atoms with Gasteiger partial charge >= 0.3 is 0 Å². The zero-order chi connectivity index (χ0) is 12.5. The highest BCUT2D eigenvalue weighted by atomic mass is 35.5. The fourth-order valence-corrected chi connectivity index (χ4v) is 3.70. The molecule has 1 aliphatic heterocycles. The highest BCUT2D eigenvalue weighted by Gasteiger charge is 2.34. The molecule has 0 amide bonds. The summed E-state index contributed by atoms with van der Waals surface area (Å²) in [4.78, 5) is 3.88. The van der Waals surface area contributed by atoms with E-state index in [0.29, 0.717) is 13.0 Å². The number of aromatic nitrogens is 1. The van der Waals surface area contributed by atoms with Gasteiger partial charge in [0, 0.05) is 18.8 Å². The van der Waals surface area contributed by atoms with Gasteiger partial charge in [0.2, 0.25) is 10.0 Å². The number of aliphatic hydroxyl groups is 1. The predicted octanol–water partition coefficient (Wildman–Crippen LogP) is 0.880. The van der Waals surface area contributed by atoms with Crippen LogP contribution in [0.1, 0.15) is 12.8 Å². The van der Waals surface area contributed by atoms with E-state index >= 15 is 0 Å². The third-order valence-corrected chi connectivity index (χ3v) is 5.00. The van der Waals surface area contributed by atoms with Gasteiger partial charge in [-0.25, -0.2) is 13.4 Å². The van der Waals surface area contributed by atoms with Crippen molar-refractivity contribution in [3.63, 3.8) is 0 Å². The van der Waals surface area contributed by atoms with Gasteiger partial charge in [-0.2, -0.15) is 4.31 Å². The van der Waals surface area contributed by atoms with Crippen molar-refractivity contribution in [2.24, 2.45) is 0 Å². The molecule has 1 N–H and O–H groups in total. The molecular weight excluding hydrogens is 264 g/mol. The molecule has 0 unspecified atom stereocenters. The van der Waals surface area contributed by atoms with Gasteiger partial charge in [0.15, 0.2) is 0 Å². The fraction of sp³-hybridized carbons (Fsp3) is 0.500. The van der Waals surface area contributed by atoms with Gasteiger partial charge < -0.3 is 5.11 Å². The molecule has 2 heterocycles. The minimum absolute atomic E-state index is 0.113. The molecular formula is C10H13ClN2O3S. The summed E-state index contributed by atoms with van der Waals surface area (Å²) in [6, 6.07) is 2.55. The largest absolute Gasteiger partial charge is 0.395 e. The summed E-state index contributed by atoms with van der Waals surface area (Å²) in [6.07, 6.45) is 2.70. The first-order valence-corrected chi connectivity index (χ1v) is 7.12. The van der Waals surface area contributed by atoms with E-state index in [-0.39, 0.29) is 22.7 Å². The molecule has 1 fully saturated rings. The minimum atomic E-state index is -3.56. The Bertz CT molecular complexity index is 489. The van der Waals surface area contributed by atoms with Gasteiger partial charge in [0.05, 0.1) is 6.61 Å². The number of nitrogens with zero attached hydrogens (tertiary/aromatic N) is 2. The molecule has 17 heavy (non-hydrogen) atoms. The van der Waals surface area contributed by atoms with Crippen molar-refractivity contribution in [3.8, 4) is 0 Å². The quantitative estimate of drug-likeness (QED) is 0.832. The van der Waals surface area contributed by atoms with Crippen LogP contribution in [-0.4, -0.2) is 42.0 Å². The van der Waals surface area contributed by atoms with E-state index in [2.05, 4.69) is 4.98 Å². The molecule has 2 rings (SSSR count). The second-order valence-electron chi connectivity index (χ2n) is 3.91. The molecule has 1 atom stereocenters. The smallest absolute Gasteiger partial charge is 0.244 e. The highest BCUT2D eigenvalue weighted by molar-refractivity contribution is 7.89. The Labute approximate surface area is 105 Å². The van der Waals surface area contributed by atoms with Crippen LogP contribution in [0.15, 0.2) is 23.2 Å². The van der Waals surface area contributed by atoms with E-state index in [1.165, 1.54) is 22.6 Å². The van der Waals surface area contributed by atoms with Gasteiger partial charge in [0.1, 0.15) is 10.0 Å². The molecule has 0 bridgehead atoms. The summed E-state index contributed by atoms with van der Waals surface area (Å²) < 4.78 is 25.8. The summed E-state index contributed by atoms with van der Waals surface area (Å²) in [6.45, 7) is 0.288. The molecule has 0 aromatic carbocycles. The van der Waals surface area contributed by atoms with Crippen LogP contribution >= 0.6 is 11.6 Å². The molecule has 0 spiro atoms. The number of sulfonamides is 1. The molecule has 1 aromatic rings. The lowest BCUT2D eigenvalue weighted by Gasteiger charge is -2.22. The lowest BCUT2D eigenvalue weighted by atomic mass is 10.2. The van der Waals surface area contributed by atoms with Crippen LogP contribution in [0.2, 0.25) is 5.15 Å². The van der Waals surface area contributed by atoms with Gasteiger partial charge in [0.25, 0.3) is 0 Å².